The van der Waals surface area contributed by atoms with Gasteiger partial charge in [-0.2, -0.15) is 0 Å². The Hall–Kier alpha value is -3.14. The van der Waals surface area contributed by atoms with Crippen molar-refractivity contribution in [3.8, 4) is 5.75 Å². The number of hydrogen-bond donors (Lipinski definition) is 1. The molecule has 1 amide bonds. The van der Waals surface area contributed by atoms with E-state index in [9.17, 15) is 23.3 Å². The maximum atomic E-state index is 12.7. The van der Waals surface area contributed by atoms with Gasteiger partial charge in [-0.3, -0.25) is 19.2 Å². The molecule has 0 unspecified atom stereocenters. The number of amides is 1. The fourth-order valence-electron chi connectivity index (χ4n) is 3.09. The lowest BCUT2D eigenvalue weighted by Crippen LogP contribution is -2.41. The fraction of sp³-hybridized carbons (Fsp3) is 0.350. The first-order chi connectivity index (χ1) is 14.1. The first-order valence-corrected chi connectivity index (χ1v) is 11.1. The number of carbonyl (C=O) groups excluding carboxylic acids is 1. The first-order valence-electron chi connectivity index (χ1n) is 9.23. The SMILES string of the molecule is CC[C@H](NC(=O)CN(c1cccc([N+](=O)[O-])c1C)S(C)(=O)=O)c1ccc(OC)cc1. The minimum absolute atomic E-state index is 0.0966. The number of nitrogens with zero attached hydrogens (tertiary/aromatic N) is 2. The highest BCUT2D eigenvalue weighted by Crippen LogP contribution is 2.29. The molecule has 2 aromatic rings. The van der Waals surface area contributed by atoms with Crippen LogP contribution in [0, 0.1) is 17.0 Å². The maximum Gasteiger partial charge on any atom is 0.274 e. The van der Waals surface area contributed by atoms with Crippen LogP contribution in [0.2, 0.25) is 0 Å². The van der Waals surface area contributed by atoms with Crippen molar-refractivity contribution in [1.82, 2.24) is 5.32 Å². The van der Waals surface area contributed by atoms with Crippen LogP contribution in [-0.2, 0) is 14.8 Å². The van der Waals surface area contributed by atoms with E-state index in [0.717, 1.165) is 16.1 Å². The molecule has 0 aromatic heterocycles. The van der Waals surface area contributed by atoms with Gasteiger partial charge >= 0.3 is 0 Å². The Morgan fingerprint density at radius 2 is 1.87 bits per heavy atom. The summed E-state index contributed by atoms with van der Waals surface area (Å²) in [6.07, 6.45) is 1.55. The third-order valence-electron chi connectivity index (χ3n) is 4.69. The van der Waals surface area contributed by atoms with Gasteiger partial charge in [0.1, 0.15) is 12.3 Å². The predicted octanol–water partition coefficient (Wildman–Crippen LogP) is 2.95. The van der Waals surface area contributed by atoms with Crippen LogP contribution in [0.4, 0.5) is 11.4 Å². The quantitative estimate of drug-likeness (QED) is 0.478. The Balaban J connectivity index is 2.28. The molecule has 0 fully saturated rings. The van der Waals surface area contributed by atoms with E-state index in [-0.39, 0.29) is 23.0 Å². The van der Waals surface area contributed by atoms with Gasteiger partial charge < -0.3 is 10.1 Å². The molecule has 30 heavy (non-hydrogen) atoms. The van der Waals surface area contributed by atoms with Gasteiger partial charge in [0, 0.05) is 6.07 Å². The second kappa shape index (κ2) is 9.57. The van der Waals surface area contributed by atoms with Crippen molar-refractivity contribution >= 4 is 27.3 Å². The average Bonchev–Trinajstić information content (AvgIpc) is 2.70. The summed E-state index contributed by atoms with van der Waals surface area (Å²) in [4.78, 5) is 23.3. The van der Waals surface area contributed by atoms with E-state index in [1.165, 1.54) is 25.1 Å². The number of rotatable bonds is 9. The van der Waals surface area contributed by atoms with Gasteiger partial charge in [0.15, 0.2) is 0 Å². The van der Waals surface area contributed by atoms with E-state index in [4.69, 9.17) is 4.74 Å². The lowest BCUT2D eigenvalue weighted by atomic mass is 10.0. The number of anilines is 1. The third kappa shape index (κ3) is 5.47. The highest BCUT2D eigenvalue weighted by Gasteiger charge is 2.26. The predicted molar refractivity (Wildman–Crippen MR) is 114 cm³/mol. The second-order valence-corrected chi connectivity index (χ2v) is 8.66. The summed E-state index contributed by atoms with van der Waals surface area (Å²) in [5.74, 6) is 0.165. The smallest absolute Gasteiger partial charge is 0.274 e. The molecule has 10 heteroatoms. The van der Waals surface area contributed by atoms with E-state index in [1.54, 1.807) is 19.2 Å². The van der Waals surface area contributed by atoms with Crippen LogP contribution in [0.25, 0.3) is 0 Å². The van der Waals surface area contributed by atoms with E-state index in [2.05, 4.69) is 5.32 Å². The van der Waals surface area contributed by atoms with Gasteiger partial charge in [-0.05, 0) is 37.1 Å². The van der Waals surface area contributed by atoms with E-state index in [0.29, 0.717) is 12.2 Å². The monoisotopic (exact) mass is 435 g/mol. The Morgan fingerprint density at radius 3 is 2.37 bits per heavy atom. The summed E-state index contributed by atoms with van der Waals surface area (Å²) in [6, 6.07) is 11.0. The van der Waals surface area contributed by atoms with Crippen LogP contribution in [0.3, 0.4) is 0 Å². The molecule has 0 bridgehead atoms. The average molecular weight is 436 g/mol. The van der Waals surface area contributed by atoms with Crippen LogP contribution in [0.15, 0.2) is 42.5 Å². The Kier molecular flexibility index (Phi) is 7.38. The van der Waals surface area contributed by atoms with E-state index in [1.807, 2.05) is 19.1 Å². The molecule has 0 heterocycles. The molecule has 9 nitrogen and oxygen atoms in total. The van der Waals surface area contributed by atoms with Crippen LogP contribution in [0.1, 0.15) is 30.5 Å². The molecule has 0 saturated carbocycles. The van der Waals surface area contributed by atoms with Crippen LogP contribution in [-0.4, -0.2) is 39.2 Å². The standard InChI is InChI=1S/C20H25N3O6S/c1-5-17(15-9-11-16(29-3)12-10-15)21-20(24)13-22(30(4,27)28)18-7-6-8-19(14(18)2)23(25)26/h6-12,17H,5,13H2,1-4H3,(H,21,24)/t17-/m0/s1. The topological polar surface area (TPSA) is 119 Å². The van der Waals surface area contributed by atoms with Gasteiger partial charge in [-0.25, -0.2) is 8.42 Å². The van der Waals surface area contributed by atoms with Crippen molar-refractivity contribution in [2.24, 2.45) is 0 Å². The highest BCUT2D eigenvalue weighted by atomic mass is 32.2. The summed E-state index contributed by atoms with van der Waals surface area (Å²) in [5.41, 5.74) is 0.901. The molecule has 162 valence electrons. The number of nitrogens with one attached hydrogen (secondary N) is 1. The summed E-state index contributed by atoms with van der Waals surface area (Å²) >= 11 is 0. The zero-order valence-electron chi connectivity index (χ0n) is 17.3. The normalized spacial score (nSPS) is 12.1. The lowest BCUT2D eigenvalue weighted by molar-refractivity contribution is -0.385. The van der Waals surface area contributed by atoms with Crippen molar-refractivity contribution in [3.63, 3.8) is 0 Å². The van der Waals surface area contributed by atoms with E-state index < -0.39 is 27.4 Å². The molecule has 0 saturated heterocycles. The molecule has 0 aliphatic carbocycles. The van der Waals surface area contributed by atoms with Crippen molar-refractivity contribution < 1.29 is 22.9 Å². The molecule has 0 radical (unpaired) electrons. The number of hydrogen-bond acceptors (Lipinski definition) is 6. The summed E-state index contributed by atoms with van der Waals surface area (Å²) in [6.45, 7) is 2.86. The lowest BCUT2D eigenvalue weighted by Gasteiger charge is -2.25. The second-order valence-electron chi connectivity index (χ2n) is 6.75. The van der Waals surface area contributed by atoms with Gasteiger partial charge in [-0.1, -0.05) is 25.1 Å². The number of ether oxygens (including phenoxy) is 1. The van der Waals surface area contributed by atoms with Crippen molar-refractivity contribution in [2.45, 2.75) is 26.3 Å². The zero-order valence-corrected chi connectivity index (χ0v) is 18.1. The number of methoxy groups -OCH3 is 1. The first kappa shape index (κ1) is 23.1. The van der Waals surface area contributed by atoms with Crippen molar-refractivity contribution in [1.29, 1.82) is 0 Å². The molecule has 0 aliphatic rings. The maximum absolute atomic E-state index is 12.7. The number of nitro groups is 1. The van der Waals surface area contributed by atoms with Crippen LogP contribution >= 0.6 is 0 Å². The molecule has 0 spiro atoms. The van der Waals surface area contributed by atoms with Crippen LogP contribution < -0.4 is 14.4 Å². The van der Waals surface area contributed by atoms with Gasteiger partial charge in [-0.15, -0.1) is 0 Å². The van der Waals surface area contributed by atoms with Gasteiger partial charge in [0.25, 0.3) is 5.69 Å². The molecule has 2 aromatic carbocycles. The Labute approximate surface area is 175 Å². The van der Waals surface area contributed by atoms with Crippen molar-refractivity contribution in [2.75, 3.05) is 24.2 Å². The highest BCUT2D eigenvalue weighted by molar-refractivity contribution is 7.92. The zero-order chi connectivity index (χ0) is 22.5. The summed E-state index contributed by atoms with van der Waals surface area (Å²) in [7, 11) is -2.30. The molecule has 2 rings (SSSR count). The van der Waals surface area contributed by atoms with Crippen LogP contribution in [0.5, 0.6) is 5.75 Å². The Bertz CT molecular complexity index is 1020. The van der Waals surface area contributed by atoms with Crippen molar-refractivity contribution in [3.05, 3.63) is 63.7 Å². The Morgan fingerprint density at radius 1 is 1.23 bits per heavy atom. The number of benzene rings is 2. The minimum atomic E-state index is -3.86. The summed E-state index contributed by atoms with van der Waals surface area (Å²) < 4.78 is 30.7. The van der Waals surface area contributed by atoms with E-state index >= 15 is 0 Å². The molecular formula is C20H25N3O6S. The van der Waals surface area contributed by atoms with Gasteiger partial charge in [0.05, 0.1) is 35.6 Å². The number of carbonyl (C=O) groups is 1. The number of sulfonamides is 1. The van der Waals surface area contributed by atoms with Gasteiger partial charge in [0.2, 0.25) is 15.9 Å². The largest absolute Gasteiger partial charge is 0.497 e. The molecule has 0 aliphatic heterocycles. The third-order valence-corrected chi connectivity index (χ3v) is 5.82. The minimum Gasteiger partial charge on any atom is -0.497 e. The molecular weight excluding hydrogens is 410 g/mol. The molecule has 1 atom stereocenters. The summed E-state index contributed by atoms with van der Waals surface area (Å²) in [5, 5.41) is 14.0. The molecule has 1 N–H and O–H groups in total. The fourth-order valence-corrected chi connectivity index (χ4v) is 4.00. The number of nitro benzene ring substituents is 1.